The summed E-state index contributed by atoms with van der Waals surface area (Å²) in [4.78, 5) is 0. The van der Waals surface area contributed by atoms with E-state index in [0.29, 0.717) is 0 Å². The number of nitrogens with zero attached hydrogens (tertiary/aromatic N) is 1. The lowest BCUT2D eigenvalue weighted by atomic mass is 9.83. The van der Waals surface area contributed by atoms with Crippen molar-refractivity contribution in [3.8, 4) is 66.8 Å². The molecule has 0 radical (unpaired) electrons. The normalized spacial score (nSPS) is 13.5. The molecule has 2 aliphatic rings. The second-order valence-electron chi connectivity index (χ2n) is 19.5. The predicted octanol–water partition coefficient (Wildman–Crippen LogP) is 14.8. The van der Waals surface area contributed by atoms with Crippen LogP contribution in [0.5, 0.6) is 0 Å². The van der Waals surface area contributed by atoms with Crippen LogP contribution in [0, 0.1) is 0 Å². The van der Waals surface area contributed by atoms with Crippen LogP contribution in [-0.4, -0.2) is 4.48 Å². The van der Waals surface area contributed by atoms with Gasteiger partial charge in [-0.3, -0.25) is 0 Å². The van der Waals surface area contributed by atoms with E-state index in [9.17, 15) is 0 Å². The largest absolute Gasteiger partial charge is 1.00 e. The number of fused-ring (bicyclic) bond motifs is 14. The first-order chi connectivity index (χ1) is 34.2. The maximum absolute atomic E-state index is 2.58. The van der Waals surface area contributed by atoms with Crippen molar-refractivity contribution in [3.63, 3.8) is 0 Å². The molecule has 1 spiro atoms. The van der Waals surface area contributed by atoms with E-state index in [0.717, 1.165) is 30.7 Å². The zero-order valence-electron chi connectivity index (χ0n) is 38.7. The summed E-state index contributed by atoms with van der Waals surface area (Å²) in [5, 5.41) is 10.4. The van der Waals surface area contributed by atoms with Gasteiger partial charge in [-0.25, -0.2) is 0 Å². The summed E-state index contributed by atoms with van der Waals surface area (Å²) < 4.78 is 0.832. The van der Waals surface area contributed by atoms with Crippen molar-refractivity contribution in [1.82, 2.24) is 0 Å². The molecule has 0 N–H and O–H groups in total. The molecule has 2 heterocycles. The maximum Gasteiger partial charge on any atom is 0.106 e. The average Bonchev–Trinajstić information content (AvgIpc) is 3.65. The lowest BCUT2D eigenvalue weighted by Gasteiger charge is -2.38. The van der Waals surface area contributed by atoms with E-state index in [1.165, 1.54) is 132 Å². The van der Waals surface area contributed by atoms with Crippen molar-refractivity contribution < 1.29 is 21.5 Å². The first-order valence-electron chi connectivity index (χ1n) is 24.4. The van der Waals surface area contributed by atoms with Crippen LogP contribution < -0.4 is 17.0 Å². The first-order valence-corrected chi connectivity index (χ1v) is 24.4. The number of quaternary nitrogens is 1. The van der Waals surface area contributed by atoms with E-state index in [1.54, 1.807) is 0 Å². The minimum atomic E-state index is 0. The highest BCUT2D eigenvalue weighted by Crippen LogP contribution is 2.53. The van der Waals surface area contributed by atoms with E-state index >= 15 is 0 Å². The SMILES string of the molecule is [Br-].c1ccc(-c2cc3c(c4ccccc24)-c2c(cc(-c4ccccc4)c4ccccc24)C[N+]2(C3)Cc3cc(-c4ccccc4)c4ccccc4c3-c3c(cc(-c4ccccc4)c4ccccc34)C2)cc1. The Kier molecular flexibility index (Phi) is 10.2. The summed E-state index contributed by atoms with van der Waals surface area (Å²) in [6, 6.07) is 91.5. The summed E-state index contributed by atoms with van der Waals surface area (Å²) >= 11 is 0. The van der Waals surface area contributed by atoms with E-state index in [4.69, 9.17) is 0 Å². The Morgan fingerprint density at radius 3 is 0.614 bits per heavy atom. The molecule has 70 heavy (non-hydrogen) atoms. The van der Waals surface area contributed by atoms with E-state index in [2.05, 4.69) is 243 Å². The lowest BCUT2D eigenvalue weighted by molar-refractivity contribution is -0.977. The molecule has 0 aromatic heterocycles. The first kappa shape index (κ1) is 42.2. The second-order valence-corrected chi connectivity index (χ2v) is 19.5. The van der Waals surface area contributed by atoms with Crippen LogP contribution in [0.2, 0.25) is 0 Å². The van der Waals surface area contributed by atoms with Gasteiger partial charge in [0.2, 0.25) is 0 Å². The molecule has 0 bridgehead atoms. The minimum Gasteiger partial charge on any atom is -1.00 e. The number of hydrogen-bond donors (Lipinski definition) is 0. The Balaban J connectivity index is 0.00000480. The summed E-state index contributed by atoms with van der Waals surface area (Å²) in [6.45, 7) is 3.46. The van der Waals surface area contributed by atoms with Crippen molar-refractivity contribution in [2.75, 3.05) is 0 Å². The molecule has 14 rings (SSSR count). The van der Waals surface area contributed by atoms with Crippen LogP contribution in [0.3, 0.4) is 0 Å². The third-order valence-corrected chi connectivity index (χ3v) is 15.4. The van der Waals surface area contributed by atoms with Crippen LogP contribution in [0.25, 0.3) is 110 Å². The standard InChI is InChI=1S/C68H48N.BrH/c1-5-21-45(22-6-1)61-37-49-41-69(42-50-38-62(46-23-7-2-8-24-46)54-30-14-18-34-58(54)66(50)65(49)57-33-17-13-29-53(57)61)43-51-39-63(47-25-9-3-10-26-47)55-31-15-19-35-59(55)67(51)68-52(44-69)40-64(48-27-11-4-12-28-48)56-32-16-20-36-60(56)68;/h1-40H,41-44H2;1H/q+1;/p-1. The molecule has 0 atom stereocenters. The molecule has 332 valence electrons. The number of benzene rings is 12. The molecule has 0 amide bonds. The van der Waals surface area contributed by atoms with Crippen molar-refractivity contribution in [1.29, 1.82) is 0 Å². The molecule has 2 aliphatic heterocycles. The summed E-state index contributed by atoms with van der Waals surface area (Å²) in [6.07, 6.45) is 0. The molecule has 1 nitrogen and oxygen atoms in total. The summed E-state index contributed by atoms with van der Waals surface area (Å²) in [5.74, 6) is 0. The second kappa shape index (κ2) is 17.0. The quantitative estimate of drug-likeness (QED) is 0.154. The van der Waals surface area contributed by atoms with Gasteiger partial charge in [-0.15, -0.1) is 0 Å². The number of halogens is 1. The van der Waals surface area contributed by atoms with Gasteiger partial charge in [0.15, 0.2) is 0 Å². The van der Waals surface area contributed by atoms with Gasteiger partial charge in [0, 0.05) is 22.3 Å². The van der Waals surface area contributed by atoms with Gasteiger partial charge in [0.1, 0.15) is 26.2 Å². The van der Waals surface area contributed by atoms with Gasteiger partial charge in [-0.2, -0.15) is 0 Å². The molecule has 0 fully saturated rings. The highest BCUT2D eigenvalue weighted by molar-refractivity contribution is 6.16. The minimum absolute atomic E-state index is 0. The molecular weight excluding hydrogens is 911 g/mol. The summed E-state index contributed by atoms with van der Waals surface area (Å²) in [5.41, 5.74) is 21.3. The Bertz CT molecular complexity index is 3460. The third-order valence-electron chi connectivity index (χ3n) is 15.4. The molecule has 12 aromatic carbocycles. The highest BCUT2D eigenvalue weighted by Gasteiger charge is 2.41. The Hall–Kier alpha value is -7.88. The smallest absolute Gasteiger partial charge is 0.106 e. The van der Waals surface area contributed by atoms with Crippen molar-refractivity contribution in [2.45, 2.75) is 26.2 Å². The van der Waals surface area contributed by atoms with Gasteiger partial charge < -0.3 is 21.5 Å². The van der Waals surface area contributed by atoms with Crippen LogP contribution in [0.15, 0.2) is 243 Å². The molecular formula is C68H48BrN. The van der Waals surface area contributed by atoms with Crippen molar-refractivity contribution >= 4 is 43.1 Å². The lowest BCUT2D eigenvalue weighted by Crippen LogP contribution is -3.00. The predicted molar refractivity (Wildman–Crippen MR) is 291 cm³/mol. The topological polar surface area (TPSA) is 0 Å². The Labute approximate surface area is 419 Å². The van der Waals surface area contributed by atoms with Gasteiger partial charge >= 0.3 is 0 Å². The van der Waals surface area contributed by atoms with Crippen LogP contribution in [-0.2, 0) is 26.2 Å². The Morgan fingerprint density at radius 1 is 0.214 bits per heavy atom. The molecule has 12 aromatic rings. The molecule has 0 saturated carbocycles. The number of hydrogen-bond acceptors (Lipinski definition) is 0. The fourth-order valence-corrected chi connectivity index (χ4v) is 12.6. The van der Waals surface area contributed by atoms with E-state index < -0.39 is 0 Å². The zero-order valence-corrected chi connectivity index (χ0v) is 40.3. The van der Waals surface area contributed by atoms with E-state index in [1.807, 2.05) is 0 Å². The van der Waals surface area contributed by atoms with Crippen molar-refractivity contribution in [2.24, 2.45) is 0 Å². The fourth-order valence-electron chi connectivity index (χ4n) is 12.6. The average molecular weight is 959 g/mol. The molecule has 2 heteroatoms. The molecule has 0 unspecified atom stereocenters. The van der Waals surface area contributed by atoms with Gasteiger partial charge in [0.25, 0.3) is 0 Å². The maximum atomic E-state index is 2.58. The van der Waals surface area contributed by atoms with Gasteiger partial charge in [0.05, 0.1) is 0 Å². The fraction of sp³-hybridized carbons (Fsp3) is 0.0588. The summed E-state index contributed by atoms with van der Waals surface area (Å²) in [7, 11) is 0. The van der Waals surface area contributed by atoms with Crippen LogP contribution in [0.4, 0.5) is 0 Å². The monoisotopic (exact) mass is 957 g/mol. The van der Waals surface area contributed by atoms with E-state index in [-0.39, 0.29) is 17.0 Å². The molecule has 0 aliphatic carbocycles. The highest BCUT2D eigenvalue weighted by atomic mass is 79.9. The Morgan fingerprint density at radius 2 is 0.400 bits per heavy atom. The third kappa shape index (κ3) is 6.77. The van der Waals surface area contributed by atoms with Crippen molar-refractivity contribution in [3.05, 3.63) is 265 Å². The zero-order chi connectivity index (χ0) is 45.5. The van der Waals surface area contributed by atoms with Crippen LogP contribution >= 0.6 is 0 Å². The molecule has 0 saturated heterocycles. The van der Waals surface area contributed by atoms with Crippen LogP contribution in [0.1, 0.15) is 22.3 Å². The van der Waals surface area contributed by atoms with Gasteiger partial charge in [-0.1, -0.05) is 218 Å². The number of rotatable bonds is 4. The van der Waals surface area contributed by atoms with Gasteiger partial charge in [-0.05, 0) is 134 Å².